The third-order valence-electron chi connectivity index (χ3n) is 7.30. The third kappa shape index (κ3) is 5.82. The Bertz CT molecular complexity index is 1490. The van der Waals surface area contributed by atoms with Crippen LogP contribution in [0.15, 0.2) is 30.5 Å². The van der Waals surface area contributed by atoms with Crippen LogP contribution in [0.3, 0.4) is 0 Å². The average molecular weight is 565 g/mol. The molecular weight excluding hydrogens is 524 g/mol. The first-order valence-corrected chi connectivity index (χ1v) is 14.0. The number of rotatable bonds is 9. The van der Waals surface area contributed by atoms with E-state index in [0.717, 1.165) is 10.9 Å². The van der Waals surface area contributed by atoms with Crippen molar-refractivity contribution in [3.63, 3.8) is 0 Å². The van der Waals surface area contributed by atoms with E-state index in [2.05, 4.69) is 26.1 Å². The number of carbonyl (C=O) groups is 3. The van der Waals surface area contributed by atoms with Crippen molar-refractivity contribution >= 4 is 39.9 Å². The Kier molecular flexibility index (Phi) is 8.51. The standard InChI is InChI=1S/C31H40N4O6/c1-8-39-26-14-20-16-34(28(32)21(20)15-22(26)29(37)33-7)17-25(36)19-12-23(31(4,5)6)27-24(13-19)35(10-11-41-27)18(3)30(38)40-9-2/h12-16,18H,8-11,17,32H2,1-7H3,(H,33,37). The smallest absolute Gasteiger partial charge is 0.328 e. The monoisotopic (exact) mass is 564 g/mol. The van der Waals surface area contributed by atoms with Crippen molar-refractivity contribution < 1.29 is 28.6 Å². The average Bonchev–Trinajstić information content (AvgIpc) is 3.24. The molecule has 10 nitrogen and oxygen atoms in total. The minimum atomic E-state index is -0.546. The van der Waals surface area contributed by atoms with Crippen LogP contribution < -0.4 is 25.4 Å². The highest BCUT2D eigenvalue weighted by atomic mass is 16.5. The van der Waals surface area contributed by atoms with E-state index in [1.54, 1.807) is 49.9 Å². The highest BCUT2D eigenvalue weighted by molar-refractivity contribution is 6.05. The van der Waals surface area contributed by atoms with Gasteiger partial charge in [0.15, 0.2) is 5.78 Å². The first-order chi connectivity index (χ1) is 19.4. The molecule has 1 aromatic heterocycles. The number of ketones is 1. The van der Waals surface area contributed by atoms with Crippen LogP contribution in [0.4, 0.5) is 11.5 Å². The molecule has 0 spiro atoms. The zero-order valence-corrected chi connectivity index (χ0v) is 24.9. The first kappa shape index (κ1) is 29.8. The number of nitrogen functional groups attached to an aromatic ring is 1. The van der Waals surface area contributed by atoms with Crippen LogP contribution in [0.2, 0.25) is 0 Å². The zero-order valence-electron chi connectivity index (χ0n) is 24.9. The number of amides is 1. The molecule has 3 N–H and O–H groups in total. The van der Waals surface area contributed by atoms with Gasteiger partial charge in [0.1, 0.15) is 30.0 Å². The Labute approximate surface area is 240 Å². The maximum Gasteiger partial charge on any atom is 0.328 e. The Morgan fingerprint density at radius 2 is 1.85 bits per heavy atom. The van der Waals surface area contributed by atoms with Gasteiger partial charge in [0, 0.05) is 35.1 Å². The maximum atomic E-state index is 13.8. The van der Waals surface area contributed by atoms with Gasteiger partial charge in [-0.2, -0.15) is 0 Å². The molecule has 1 unspecified atom stereocenters. The molecule has 0 bridgehead atoms. The van der Waals surface area contributed by atoms with Crippen LogP contribution in [-0.4, -0.2) is 61.7 Å². The van der Waals surface area contributed by atoms with Crippen molar-refractivity contribution in [3.8, 4) is 11.5 Å². The molecule has 0 fully saturated rings. The van der Waals surface area contributed by atoms with Gasteiger partial charge in [-0.25, -0.2) is 4.79 Å². The minimum Gasteiger partial charge on any atom is -0.493 e. The summed E-state index contributed by atoms with van der Waals surface area (Å²) >= 11 is 0. The van der Waals surface area contributed by atoms with Crippen LogP contribution in [0, 0.1) is 0 Å². The highest BCUT2D eigenvalue weighted by Gasteiger charge is 2.33. The summed E-state index contributed by atoms with van der Waals surface area (Å²) in [4.78, 5) is 40.9. The second-order valence-corrected chi connectivity index (χ2v) is 11.1. The highest BCUT2D eigenvalue weighted by Crippen LogP contribution is 2.43. The second-order valence-electron chi connectivity index (χ2n) is 11.1. The third-order valence-corrected chi connectivity index (χ3v) is 7.30. The van der Waals surface area contributed by atoms with Crippen molar-refractivity contribution in [1.82, 2.24) is 9.88 Å². The molecule has 10 heteroatoms. The largest absolute Gasteiger partial charge is 0.493 e. The van der Waals surface area contributed by atoms with Gasteiger partial charge in [0.25, 0.3) is 5.91 Å². The van der Waals surface area contributed by atoms with Gasteiger partial charge in [-0.15, -0.1) is 0 Å². The molecule has 1 aliphatic rings. The summed E-state index contributed by atoms with van der Waals surface area (Å²) in [5.41, 5.74) is 8.59. The van der Waals surface area contributed by atoms with Gasteiger partial charge in [0.2, 0.25) is 0 Å². The molecule has 1 amide bonds. The summed E-state index contributed by atoms with van der Waals surface area (Å²) < 4.78 is 18.8. The number of hydrogen-bond donors (Lipinski definition) is 2. The molecule has 1 aliphatic heterocycles. The Morgan fingerprint density at radius 1 is 1.12 bits per heavy atom. The van der Waals surface area contributed by atoms with Gasteiger partial charge < -0.3 is 34.7 Å². The number of fused-ring (bicyclic) bond motifs is 2. The predicted molar refractivity (Wildman–Crippen MR) is 159 cm³/mol. The number of aromatic nitrogens is 1. The van der Waals surface area contributed by atoms with Gasteiger partial charge in [-0.05, 0) is 50.5 Å². The predicted octanol–water partition coefficient (Wildman–Crippen LogP) is 4.31. The van der Waals surface area contributed by atoms with Gasteiger partial charge in [0.05, 0.1) is 37.6 Å². The number of nitrogens with zero attached hydrogens (tertiary/aromatic N) is 2. The molecule has 1 atom stereocenters. The van der Waals surface area contributed by atoms with E-state index in [1.165, 1.54) is 0 Å². The molecule has 2 aromatic carbocycles. The molecule has 41 heavy (non-hydrogen) atoms. The van der Waals surface area contributed by atoms with Crippen molar-refractivity contribution in [1.29, 1.82) is 0 Å². The second kappa shape index (κ2) is 11.7. The topological polar surface area (TPSA) is 125 Å². The van der Waals surface area contributed by atoms with Gasteiger partial charge in [-0.1, -0.05) is 20.8 Å². The number of anilines is 2. The molecule has 0 radical (unpaired) electrons. The quantitative estimate of drug-likeness (QED) is 0.291. The van der Waals surface area contributed by atoms with Gasteiger partial charge in [-0.3, -0.25) is 9.59 Å². The number of Topliss-reactive ketones (excluding diaryl/α,β-unsaturated/α-hetero) is 1. The Hall–Kier alpha value is -4.21. The summed E-state index contributed by atoms with van der Waals surface area (Å²) in [6, 6.07) is 6.57. The fourth-order valence-corrected chi connectivity index (χ4v) is 5.14. The van der Waals surface area contributed by atoms with E-state index in [0.29, 0.717) is 59.3 Å². The van der Waals surface area contributed by atoms with Gasteiger partial charge >= 0.3 is 5.97 Å². The molecule has 0 aliphatic carbocycles. The molecule has 0 saturated heterocycles. The van der Waals surface area contributed by atoms with E-state index in [4.69, 9.17) is 19.9 Å². The molecule has 220 valence electrons. The van der Waals surface area contributed by atoms with Crippen molar-refractivity contribution in [2.24, 2.45) is 0 Å². The number of hydrogen-bond acceptors (Lipinski definition) is 8. The van der Waals surface area contributed by atoms with E-state index in [1.807, 2.05) is 17.9 Å². The van der Waals surface area contributed by atoms with E-state index in [9.17, 15) is 14.4 Å². The summed E-state index contributed by atoms with van der Waals surface area (Å²) in [5.74, 6) is 0.721. The van der Waals surface area contributed by atoms with E-state index >= 15 is 0 Å². The lowest BCUT2D eigenvalue weighted by atomic mass is 9.84. The molecule has 0 saturated carbocycles. The van der Waals surface area contributed by atoms with Crippen molar-refractivity contribution in [2.75, 3.05) is 44.0 Å². The van der Waals surface area contributed by atoms with Crippen LogP contribution in [-0.2, 0) is 21.5 Å². The molecule has 3 aromatic rings. The van der Waals surface area contributed by atoms with E-state index in [-0.39, 0.29) is 36.2 Å². The van der Waals surface area contributed by atoms with Crippen molar-refractivity contribution in [2.45, 2.75) is 59.5 Å². The summed E-state index contributed by atoms with van der Waals surface area (Å²) in [7, 11) is 1.56. The normalized spacial score (nSPS) is 13.8. The first-order valence-electron chi connectivity index (χ1n) is 14.0. The van der Waals surface area contributed by atoms with E-state index < -0.39 is 6.04 Å². The molecule has 4 rings (SSSR count). The number of esters is 1. The lowest BCUT2D eigenvalue weighted by molar-refractivity contribution is -0.144. The summed E-state index contributed by atoms with van der Waals surface area (Å²) in [6.45, 7) is 13.2. The van der Waals surface area contributed by atoms with Crippen molar-refractivity contribution in [3.05, 3.63) is 47.2 Å². The maximum absolute atomic E-state index is 13.8. The molecular formula is C31H40N4O6. The fourth-order valence-electron chi connectivity index (χ4n) is 5.14. The Morgan fingerprint density at radius 3 is 2.49 bits per heavy atom. The fraction of sp³-hybridized carbons (Fsp3) is 0.452. The number of nitrogens with two attached hydrogens (primary N) is 1. The minimum absolute atomic E-state index is 0.0174. The zero-order chi connectivity index (χ0) is 30.1. The SMILES string of the molecule is CCOC(=O)C(C)N1CCOc2c1cc(C(=O)Cn1cc3cc(OCC)c(C(=O)NC)cc3c1N)cc2C(C)(C)C. The van der Waals surface area contributed by atoms with Crippen LogP contribution in [0.1, 0.15) is 67.8 Å². The number of carbonyl (C=O) groups excluding carboxylic acids is 3. The van der Waals surface area contributed by atoms with Crippen LogP contribution in [0.5, 0.6) is 11.5 Å². The number of ether oxygens (including phenoxy) is 3. The summed E-state index contributed by atoms with van der Waals surface area (Å²) in [5, 5.41) is 4.04. The molecule has 2 heterocycles. The number of nitrogens with one attached hydrogen (secondary N) is 1. The van der Waals surface area contributed by atoms with Crippen LogP contribution >= 0.6 is 0 Å². The van der Waals surface area contributed by atoms with Crippen LogP contribution in [0.25, 0.3) is 10.8 Å². The number of benzene rings is 2. The summed E-state index contributed by atoms with van der Waals surface area (Å²) in [6.07, 6.45) is 1.79. The Balaban J connectivity index is 1.76. The lowest BCUT2D eigenvalue weighted by Crippen LogP contribution is -2.45. The lowest BCUT2D eigenvalue weighted by Gasteiger charge is -2.37.